The van der Waals surface area contributed by atoms with Gasteiger partial charge in [-0.2, -0.15) is 0 Å². The number of nitrogens with one attached hydrogen (secondary N) is 1. The second-order valence-corrected chi connectivity index (χ2v) is 5.65. The molecule has 0 spiro atoms. The number of likely N-dealkylation sites (N-methyl/N-ethyl adjacent to an activating group) is 1. The molecule has 0 aromatic carbocycles. The van der Waals surface area contributed by atoms with Crippen LogP contribution in [0.2, 0.25) is 10.0 Å². The number of carbonyl (C=O) groups excluding carboxylic acids is 1. The molecule has 2 rings (SSSR count). The molecule has 2 aromatic rings. The monoisotopic (exact) mass is 314 g/mol. The lowest BCUT2D eigenvalue weighted by molar-refractivity contribution is 0.0944. The van der Waals surface area contributed by atoms with Crippen LogP contribution in [0.25, 0.3) is 5.65 Å². The summed E-state index contributed by atoms with van der Waals surface area (Å²) >= 11 is 12.1. The average molecular weight is 315 g/mol. The highest BCUT2D eigenvalue weighted by atomic mass is 35.5. The summed E-state index contributed by atoms with van der Waals surface area (Å²) in [6, 6.07) is 1.61. The summed E-state index contributed by atoms with van der Waals surface area (Å²) in [7, 11) is 3.90. The Morgan fingerprint density at radius 1 is 1.45 bits per heavy atom. The average Bonchev–Trinajstić information content (AvgIpc) is 2.65. The lowest BCUT2D eigenvalue weighted by Crippen LogP contribution is -2.32. The molecule has 20 heavy (non-hydrogen) atoms. The number of aryl methyl sites for hydroxylation is 1. The number of nitrogens with zero attached hydrogens (tertiary/aromatic N) is 3. The Labute approximate surface area is 127 Å². The standard InChI is InChI=1S/C13H16Cl2N4O/c1-8-11(13(20)16-4-5-18(2)3)19-7-9(14)6-10(15)12(19)17-8/h6-7H,4-5H2,1-3H3,(H,16,20). The molecule has 5 nitrogen and oxygen atoms in total. The molecule has 1 amide bonds. The fraction of sp³-hybridized carbons (Fsp3) is 0.385. The van der Waals surface area contributed by atoms with Crippen molar-refractivity contribution < 1.29 is 4.79 Å². The third kappa shape index (κ3) is 3.06. The molecule has 0 saturated carbocycles. The summed E-state index contributed by atoms with van der Waals surface area (Å²) in [5.41, 5.74) is 1.62. The van der Waals surface area contributed by atoms with E-state index in [1.54, 1.807) is 23.6 Å². The predicted molar refractivity (Wildman–Crippen MR) is 80.8 cm³/mol. The molecule has 0 unspecified atom stereocenters. The molecule has 7 heteroatoms. The SMILES string of the molecule is Cc1nc2c(Cl)cc(Cl)cn2c1C(=O)NCCN(C)C. The van der Waals surface area contributed by atoms with Gasteiger partial charge in [-0.05, 0) is 27.1 Å². The van der Waals surface area contributed by atoms with E-state index in [4.69, 9.17) is 23.2 Å². The molecule has 1 N–H and O–H groups in total. The van der Waals surface area contributed by atoms with Gasteiger partial charge in [0.25, 0.3) is 5.91 Å². The highest BCUT2D eigenvalue weighted by Gasteiger charge is 2.18. The first-order valence-corrected chi connectivity index (χ1v) is 6.92. The van der Waals surface area contributed by atoms with Gasteiger partial charge in [-0.3, -0.25) is 9.20 Å². The number of imidazole rings is 1. The second kappa shape index (κ2) is 5.99. The first kappa shape index (κ1) is 15.1. The molecule has 0 bridgehead atoms. The molecular weight excluding hydrogens is 299 g/mol. The zero-order valence-corrected chi connectivity index (χ0v) is 13.1. The minimum absolute atomic E-state index is 0.185. The van der Waals surface area contributed by atoms with Crippen molar-refractivity contribution in [2.75, 3.05) is 27.2 Å². The third-order valence-electron chi connectivity index (χ3n) is 2.88. The summed E-state index contributed by atoms with van der Waals surface area (Å²) in [6.07, 6.45) is 1.64. The number of amides is 1. The van der Waals surface area contributed by atoms with Crippen molar-refractivity contribution >= 4 is 34.8 Å². The Balaban J connectivity index is 2.34. The lowest BCUT2D eigenvalue weighted by atomic mass is 10.3. The lowest BCUT2D eigenvalue weighted by Gasteiger charge is -2.10. The molecule has 0 aliphatic rings. The fourth-order valence-corrected chi connectivity index (χ4v) is 2.45. The normalized spacial score (nSPS) is 11.3. The van der Waals surface area contributed by atoms with Gasteiger partial charge in [0, 0.05) is 19.3 Å². The molecule has 2 aromatic heterocycles. The van der Waals surface area contributed by atoms with E-state index in [2.05, 4.69) is 10.3 Å². The van der Waals surface area contributed by atoms with Gasteiger partial charge in [0.05, 0.1) is 15.7 Å². The Kier molecular flexibility index (Phi) is 4.52. The van der Waals surface area contributed by atoms with Gasteiger partial charge in [-0.1, -0.05) is 23.2 Å². The molecule has 0 aliphatic heterocycles. The van der Waals surface area contributed by atoms with E-state index < -0.39 is 0 Å². The van der Waals surface area contributed by atoms with E-state index in [0.29, 0.717) is 33.6 Å². The van der Waals surface area contributed by atoms with Gasteiger partial charge in [0.15, 0.2) is 5.65 Å². The largest absolute Gasteiger partial charge is 0.349 e. The van der Waals surface area contributed by atoms with Gasteiger partial charge in [0.2, 0.25) is 0 Å². The van der Waals surface area contributed by atoms with Crippen LogP contribution in [-0.2, 0) is 0 Å². The van der Waals surface area contributed by atoms with E-state index in [-0.39, 0.29) is 5.91 Å². The second-order valence-electron chi connectivity index (χ2n) is 4.80. The van der Waals surface area contributed by atoms with E-state index in [1.165, 1.54) is 0 Å². The van der Waals surface area contributed by atoms with Gasteiger partial charge in [0.1, 0.15) is 5.69 Å². The summed E-state index contributed by atoms with van der Waals surface area (Å²) in [5, 5.41) is 3.75. The highest BCUT2D eigenvalue weighted by molar-refractivity contribution is 6.36. The Morgan fingerprint density at radius 2 is 2.15 bits per heavy atom. The topological polar surface area (TPSA) is 49.6 Å². The number of hydrogen-bond acceptors (Lipinski definition) is 3. The van der Waals surface area contributed by atoms with Crippen molar-refractivity contribution in [1.82, 2.24) is 19.6 Å². The highest BCUT2D eigenvalue weighted by Crippen LogP contribution is 2.24. The maximum Gasteiger partial charge on any atom is 0.270 e. The predicted octanol–water partition coefficient (Wildman–Crippen LogP) is 2.24. The minimum atomic E-state index is -0.185. The minimum Gasteiger partial charge on any atom is -0.349 e. The van der Waals surface area contributed by atoms with Gasteiger partial charge in [-0.25, -0.2) is 4.98 Å². The molecule has 0 saturated heterocycles. The van der Waals surface area contributed by atoms with E-state index in [9.17, 15) is 4.79 Å². The molecule has 0 fully saturated rings. The molecule has 2 heterocycles. The zero-order valence-electron chi connectivity index (χ0n) is 11.6. The number of carbonyl (C=O) groups is 1. The van der Waals surface area contributed by atoms with Crippen molar-refractivity contribution in [3.63, 3.8) is 0 Å². The van der Waals surface area contributed by atoms with Crippen LogP contribution >= 0.6 is 23.2 Å². The number of pyridine rings is 1. The van der Waals surface area contributed by atoms with Crippen molar-refractivity contribution in [2.24, 2.45) is 0 Å². The van der Waals surface area contributed by atoms with Gasteiger partial charge < -0.3 is 10.2 Å². The number of rotatable bonds is 4. The van der Waals surface area contributed by atoms with E-state index >= 15 is 0 Å². The van der Waals surface area contributed by atoms with E-state index in [1.807, 2.05) is 19.0 Å². The molecule has 0 atom stereocenters. The maximum atomic E-state index is 12.3. The van der Waals surface area contributed by atoms with Crippen molar-refractivity contribution in [3.8, 4) is 0 Å². The molecule has 0 aliphatic carbocycles. The van der Waals surface area contributed by atoms with Crippen LogP contribution in [0.3, 0.4) is 0 Å². The molecule has 0 radical (unpaired) electrons. The third-order valence-corrected chi connectivity index (χ3v) is 3.36. The van der Waals surface area contributed by atoms with Crippen molar-refractivity contribution in [3.05, 3.63) is 33.7 Å². The van der Waals surface area contributed by atoms with Crippen LogP contribution in [0, 0.1) is 6.92 Å². The summed E-state index contributed by atoms with van der Waals surface area (Å²) < 4.78 is 1.63. The number of fused-ring (bicyclic) bond motifs is 1. The molecule has 108 valence electrons. The van der Waals surface area contributed by atoms with Gasteiger partial charge in [-0.15, -0.1) is 0 Å². The quantitative estimate of drug-likeness (QED) is 0.941. The number of halogens is 2. The van der Waals surface area contributed by atoms with Crippen LogP contribution < -0.4 is 5.32 Å². The van der Waals surface area contributed by atoms with Crippen molar-refractivity contribution in [1.29, 1.82) is 0 Å². The Bertz CT molecular complexity index is 651. The maximum absolute atomic E-state index is 12.3. The molecular formula is C13H16Cl2N4O. The van der Waals surface area contributed by atoms with Crippen LogP contribution in [0.15, 0.2) is 12.3 Å². The summed E-state index contributed by atoms with van der Waals surface area (Å²) in [4.78, 5) is 18.6. The zero-order chi connectivity index (χ0) is 14.9. The van der Waals surface area contributed by atoms with E-state index in [0.717, 1.165) is 6.54 Å². The fourth-order valence-electron chi connectivity index (χ4n) is 1.94. The Morgan fingerprint density at radius 3 is 2.80 bits per heavy atom. The van der Waals surface area contributed by atoms with Gasteiger partial charge >= 0.3 is 0 Å². The van der Waals surface area contributed by atoms with Crippen LogP contribution in [0.5, 0.6) is 0 Å². The summed E-state index contributed by atoms with van der Waals surface area (Å²) in [6.45, 7) is 3.11. The van der Waals surface area contributed by atoms with Crippen LogP contribution in [0.1, 0.15) is 16.2 Å². The number of aromatic nitrogens is 2. The number of hydrogen-bond donors (Lipinski definition) is 1. The Hall–Kier alpha value is -1.30. The first-order chi connectivity index (χ1) is 9.40. The summed E-state index contributed by atoms with van der Waals surface area (Å²) in [5.74, 6) is -0.185. The van der Waals surface area contributed by atoms with Crippen LogP contribution in [0.4, 0.5) is 0 Å². The smallest absolute Gasteiger partial charge is 0.270 e. The van der Waals surface area contributed by atoms with Crippen LogP contribution in [-0.4, -0.2) is 47.4 Å². The van der Waals surface area contributed by atoms with Crippen molar-refractivity contribution in [2.45, 2.75) is 6.92 Å². The first-order valence-electron chi connectivity index (χ1n) is 6.16.